The van der Waals surface area contributed by atoms with Gasteiger partial charge in [-0.3, -0.25) is 14.3 Å². The van der Waals surface area contributed by atoms with Crippen molar-refractivity contribution in [2.75, 3.05) is 13.1 Å². The maximum atomic E-state index is 13.8. The highest BCUT2D eigenvalue weighted by Gasteiger charge is 2.54. The van der Waals surface area contributed by atoms with Crippen LogP contribution in [0.1, 0.15) is 44.9 Å². The number of piperidine rings is 1. The Morgan fingerprint density at radius 2 is 2.12 bits per heavy atom. The van der Waals surface area contributed by atoms with E-state index < -0.39 is 0 Å². The lowest BCUT2D eigenvalue weighted by atomic mass is 10.1. The number of aryl methyl sites for hydroxylation is 3. The van der Waals surface area contributed by atoms with Crippen LogP contribution in [0.15, 0.2) is 30.5 Å². The Kier molecular flexibility index (Phi) is 5.52. The number of fused-ring (bicyclic) bond motifs is 1. The summed E-state index contributed by atoms with van der Waals surface area (Å²) in [5.74, 6) is 0.194. The number of amides is 2. The summed E-state index contributed by atoms with van der Waals surface area (Å²) in [7, 11) is 0. The molecule has 0 unspecified atom stereocenters. The minimum absolute atomic E-state index is 0.0738. The lowest BCUT2D eigenvalue weighted by Gasteiger charge is -2.27. The Morgan fingerprint density at radius 1 is 1.30 bits per heavy atom. The van der Waals surface area contributed by atoms with Gasteiger partial charge >= 0.3 is 0 Å². The molecule has 3 atom stereocenters. The van der Waals surface area contributed by atoms with Crippen molar-refractivity contribution in [3.63, 3.8) is 0 Å². The lowest BCUT2D eigenvalue weighted by Crippen LogP contribution is -2.45. The predicted octanol–water partition coefficient (Wildman–Crippen LogP) is 3.67. The molecule has 33 heavy (non-hydrogen) atoms. The summed E-state index contributed by atoms with van der Waals surface area (Å²) < 4.78 is 15.6. The third-order valence-electron chi connectivity index (χ3n) is 6.57. The van der Waals surface area contributed by atoms with E-state index in [1.54, 1.807) is 23.0 Å². The molecule has 9 heteroatoms. The number of halogens is 1. The molecule has 1 saturated carbocycles. The summed E-state index contributed by atoms with van der Waals surface area (Å²) in [6.07, 6.45) is 2.83. The van der Waals surface area contributed by atoms with Gasteiger partial charge in [-0.1, -0.05) is 12.1 Å². The summed E-state index contributed by atoms with van der Waals surface area (Å²) in [5.41, 5.74) is 2.27. The van der Waals surface area contributed by atoms with Gasteiger partial charge in [-0.15, -0.1) is 11.3 Å². The van der Waals surface area contributed by atoms with E-state index in [0.29, 0.717) is 58.9 Å². The molecule has 0 radical (unpaired) electrons. The number of carbonyl (C=O) groups is 2. The van der Waals surface area contributed by atoms with Crippen molar-refractivity contribution in [3.05, 3.63) is 58.2 Å². The lowest BCUT2D eigenvalue weighted by molar-refractivity contribution is 0.0690. The number of thiazole rings is 1. The van der Waals surface area contributed by atoms with Crippen LogP contribution in [0.25, 0.3) is 10.4 Å². The molecule has 2 amide bonds. The van der Waals surface area contributed by atoms with Crippen molar-refractivity contribution >= 4 is 23.2 Å². The van der Waals surface area contributed by atoms with Gasteiger partial charge in [-0.2, -0.15) is 5.10 Å². The number of nitrogens with one attached hydrogen (secondary N) is 1. The van der Waals surface area contributed by atoms with Crippen LogP contribution in [0.4, 0.5) is 4.39 Å². The topological polar surface area (TPSA) is 80.1 Å². The highest BCUT2D eigenvalue weighted by Crippen LogP contribution is 2.50. The van der Waals surface area contributed by atoms with E-state index in [1.165, 1.54) is 23.5 Å². The Morgan fingerprint density at radius 3 is 2.85 bits per heavy atom. The van der Waals surface area contributed by atoms with E-state index in [2.05, 4.69) is 15.4 Å². The van der Waals surface area contributed by atoms with E-state index in [9.17, 15) is 14.0 Å². The fraction of sp³-hybridized carbons (Fsp3) is 0.417. The van der Waals surface area contributed by atoms with Crippen molar-refractivity contribution in [2.24, 2.45) is 11.8 Å². The van der Waals surface area contributed by atoms with Crippen LogP contribution in [0.5, 0.6) is 0 Å². The molecular weight excluding hydrogens is 441 g/mol. The highest BCUT2D eigenvalue weighted by molar-refractivity contribution is 7.15. The van der Waals surface area contributed by atoms with E-state index >= 15 is 0 Å². The van der Waals surface area contributed by atoms with Crippen molar-refractivity contribution in [1.82, 2.24) is 25.0 Å². The normalized spacial score (nSPS) is 21.2. The van der Waals surface area contributed by atoms with E-state index in [0.717, 1.165) is 11.4 Å². The molecule has 0 spiro atoms. The minimum Gasteiger partial charge on any atom is -0.350 e. The first-order chi connectivity index (χ1) is 15.9. The van der Waals surface area contributed by atoms with E-state index in [1.807, 2.05) is 25.7 Å². The summed E-state index contributed by atoms with van der Waals surface area (Å²) in [4.78, 5) is 33.4. The second-order valence-corrected chi connectivity index (χ2v) is 10.0. The molecule has 1 N–H and O–H groups in total. The molecule has 2 aromatic heterocycles. The second kappa shape index (κ2) is 8.37. The van der Waals surface area contributed by atoms with Crippen LogP contribution in [0, 0.1) is 31.5 Å². The molecule has 7 nitrogen and oxygen atoms in total. The predicted molar refractivity (Wildman–Crippen MR) is 124 cm³/mol. The SMILES string of the molecule is CCn1cc(C(=O)NC[C@@H]2[C@@H]3C[C@@H]3CN2C(=O)c2nc(C)sc2-c2cccc(F)c2)c(C)n1. The molecule has 0 bridgehead atoms. The number of nitrogens with zero attached hydrogens (tertiary/aromatic N) is 4. The number of hydrogen-bond donors (Lipinski definition) is 1. The van der Waals surface area contributed by atoms with E-state index in [-0.39, 0.29) is 23.7 Å². The van der Waals surface area contributed by atoms with Gasteiger partial charge < -0.3 is 10.2 Å². The Balaban J connectivity index is 1.35. The molecule has 1 aliphatic heterocycles. The highest BCUT2D eigenvalue weighted by atomic mass is 32.1. The molecule has 1 aliphatic carbocycles. The summed E-state index contributed by atoms with van der Waals surface area (Å²) in [5, 5.41) is 8.12. The second-order valence-electron chi connectivity index (χ2n) is 8.80. The van der Waals surface area contributed by atoms with Gasteiger partial charge in [0, 0.05) is 25.8 Å². The smallest absolute Gasteiger partial charge is 0.274 e. The van der Waals surface area contributed by atoms with Gasteiger partial charge in [0.25, 0.3) is 11.8 Å². The van der Waals surface area contributed by atoms with E-state index in [4.69, 9.17) is 0 Å². The Hall–Kier alpha value is -3.07. The van der Waals surface area contributed by atoms with Crippen LogP contribution in [0.2, 0.25) is 0 Å². The molecular formula is C24H26FN5O2S. The zero-order valence-corrected chi connectivity index (χ0v) is 19.7. The zero-order valence-electron chi connectivity index (χ0n) is 18.8. The Labute approximate surface area is 195 Å². The summed E-state index contributed by atoms with van der Waals surface area (Å²) in [6, 6.07) is 6.18. The molecule has 2 aliphatic rings. The third kappa shape index (κ3) is 4.06. The molecule has 2 fully saturated rings. The number of aromatic nitrogens is 3. The zero-order chi connectivity index (χ0) is 23.3. The van der Waals surface area contributed by atoms with Gasteiger partial charge in [-0.05, 0) is 56.7 Å². The average molecular weight is 468 g/mol. The van der Waals surface area contributed by atoms with Crippen LogP contribution in [-0.4, -0.2) is 50.6 Å². The molecule has 172 valence electrons. The van der Waals surface area contributed by atoms with Crippen LogP contribution in [0.3, 0.4) is 0 Å². The van der Waals surface area contributed by atoms with Gasteiger partial charge in [0.1, 0.15) is 11.5 Å². The molecule has 3 aromatic rings. The molecule has 1 saturated heterocycles. The molecule has 5 rings (SSSR count). The quantitative estimate of drug-likeness (QED) is 0.600. The minimum atomic E-state index is -0.346. The maximum Gasteiger partial charge on any atom is 0.274 e. The fourth-order valence-electron chi connectivity index (χ4n) is 4.80. The first kappa shape index (κ1) is 21.8. The molecule has 3 heterocycles. The number of hydrogen-bond acceptors (Lipinski definition) is 5. The van der Waals surface area contributed by atoms with Crippen molar-refractivity contribution < 1.29 is 14.0 Å². The van der Waals surface area contributed by atoms with Gasteiger partial charge in [0.2, 0.25) is 0 Å². The average Bonchev–Trinajstić information content (AvgIpc) is 3.11. The van der Waals surface area contributed by atoms with Crippen molar-refractivity contribution in [2.45, 2.75) is 39.8 Å². The number of rotatable bonds is 6. The Bertz CT molecular complexity index is 1240. The summed E-state index contributed by atoms with van der Waals surface area (Å²) in [6.45, 7) is 7.39. The third-order valence-corrected chi connectivity index (χ3v) is 7.59. The van der Waals surface area contributed by atoms with Crippen molar-refractivity contribution in [1.29, 1.82) is 0 Å². The largest absolute Gasteiger partial charge is 0.350 e. The van der Waals surface area contributed by atoms with Crippen molar-refractivity contribution in [3.8, 4) is 10.4 Å². The monoisotopic (exact) mass is 467 g/mol. The van der Waals surface area contributed by atoms with Gasteiger partial charge in [0.15, 0.2) is 0 Å². The number of likely N-dealkylation sites (tertiary alicyclic amines) is 1. The first-order valence-electron chi connectivity index (χ1n) is 11.2. The van der Waals surface area contributed by atoms with Crippen LogP contribution < -0.4 is 5.32 Å². The maximum absolute atomic E-state index is 13.8. The summed E-state index contributed by atoms with van der Waals surface area (Å²) >= 11 is 1.39. The van der Waals surface area contributed by atoms with Gasteiger partial charge in [-0.25, -0.2) is 9.37 Å². The van der Waals surface area contributed by atoms with Crippen LogP contribution >= 0.6 is 11.3 Å². The van der Waals surface area contributed by atoms with Crippen LogP contribution in [-0.2, 0) is 6.54 Å². The molecule has 1 aromatic carbocycles. The standard InChI is InChI=1S/C24H26FN5O2S/c1-4-29-12-19(13(2)28-29)23(31)26-10-20-18-9-16(18)11-30(20)24(32)21-22(33-14(3)27-21)15-6-5-7-17(25)8-15/h5-8,12,16,18,20H,4,9-11H2,1-3H3,(H,26,31)/t16-,18-,20-/m1/s1. The number of benzene rings is 1. The first-order valence-corrected chi connectivity index (χ1v) is 12.0. The fourth-order valence-corrected chi connectivity index (χ4v) is 5.70. The number of carbonyl (C=O) groups excluding carboxylic acids is 2. The van der Waals surface area contributed by atoms with Gasteiger partial charge in [0.05, 0.1) is 27.2 Å².